The SMILES string of the molecule is CC(C)C(CCl)Nc1ccc(S(=O)(=O)C(F)(F)F)cc1. The topological polar surface area (TPSA) is 46.2 Å². The van der Waals surface area contributed by atoms with Crippen molar-refractivity contribution in [3.05, 3.63) is 24.3 Å². The van der Waals surface area contributed by atoms with Crippen molar-refractivity contribution in [2.75, 3.05) is 11.2 Å². The van der Waals surface area contributed by atoms with Gasteiger partial charge in [0.25, 0.3) is 9.84 Å². The second kappa shape index (κ2) is 6.22. The third-order valence-corrected chi connectivity index (χ3v) is 4.63. The summed E-state index contributed by atoms with van der Waals surface area (Å²) < 4.78 is 59.5. The second-order valence-corrected chi connectivity index (χ2v) is 6.87. The first-order valence-corrected chi connectivity index (χ1v) is 7.85. The Labute approximate surface area is 121 Å². The molecule has 1 rings (SSSR count). The zero-order chi connectivity index (χ0) is 15.6. The predicted molar refractivity (Wildman–Crippen MR) is 72.7 cm³/mol. The first-order chi connectivity index (χ1) is 9.09. The minimum Gasteiger partial charge on any atom is -0.381 e. The standard InChI is InChI=1S/C12H15ClF3NO2S/c1-8(2)11(7-13)17-9-3-5-10(6-4-9)20(18,19)12(14,15)16/h3-6,8,11,17H,7H2,1-2H3. The number of sulfone groups is 1. The molecule has 1 unspecified atom stereocenters. The summed E-state index contributed by atoms with van der Waals surface area (Å²) in [4.78, 5) is -0.775. The smallest absolute Gasteiger partial charge is 0.381 e. The van der Waals surface area contributed by atoms with Crippen LogP contribution in [-0.4, -0.2) is 25.8 Å². The number of benzene rings is 1. The van der Waals surface area contributed by atoms with E-state index in [2.05, 4.69) is 5.32 Å². The van der Waals surface area contributed by atoms with E-state index in [-0.39, 0.29) is 12.0 Å². The highest BCUT2D eigenvalue weighted by Gasteiger charge is 2.46. The van der Waals surface area contributed by atoms with Gasteiger partial charge in [0.15, 0.2) is 0 Å². The molecule has 3 nitrogen and oxygen atoms in total. The number of hydrogen-bond donors (Lipinski definition) is 1. The van der Waals surface area contributed by atoms with Crippen LogP contribution in [0.25, 0.3) is 0 Å². The molecule has 1 aromatic rings. The Morgan fingerprint density at radius 1 is 1.20 bits per heavy atom. The van der Waals surface area contributed by atoms with Crippen LogP contribution >= 0.6 is 11.6 Å². The molecule has 114 valence electrons. The maximum Gasteiger partial charge on any atom is 0.501 e. The molecule has 0 heterocycles. The van der Waals surface area contributed by atoms with Gasteiger partial charge in [-0.15, -0.1) is 11.6 Å². The average Bonchev–Trinajstić information content (AvgIpc) is 2.34. The zero-order valence-corrected chi connectivity index (χ0v) is 12.5. The Hall–Kier alpha value is -0.950. The lowest BCUT2D eigenvalue weighted by atomic mass is 10.1. The van der Waals surface area contributed by atoms with Crippen LogP contribution < -0.4 is 5.32 Å². The van der Waals surface area contributed by atoms with Crippen LogP contribution in [0.4, 0.5) is 18.9 Å². The first kappa shape index (κ1) is 17.1. The average molecular weight is 330 g/mol. The van der Waals surface area contributed by atoms with E-state index in [1.807, 2.05) is 13.8 Å². The third-order valence-electron chi connectivity index (χ3n) is 2.79. The summed E-state index contributed by atoms with van der Waals surface area (Å²) in [6, 6.07) is 4.39. The fourth-order valence-corrected chi connectivity index (χ4v) is 2.66. The van der Waals surface area contributed by atoms with Crippen LogP contribution in [0.5, 0.6) is 0 Å². The molecular weight excluding hydrogens is 315 g/mol. The van der Waals surface area contributed by atoms with E-state index >= 15 is 0 Å². The molecule has 0 aliphatic carbocycles. The summed E-state index contributed by atoms with van der Waals surface area (Å²) in [7, 11) is -5.30. The van der Waals surface area contributed by atoms with Gasteiger partial charge in [0, 0.05) is 17.6 Å². The molecule has 0 spiro atoms. The molecule has 0 bridgehead atoms. The Morgan fingerprint density at radius 2 is 1.70 bits per heavy atom. The van der Waals surface area contributed by atoms with Gasteiger partial charge in [0.1, 0.15) is 0 Å². The van der Waals surface area contributed by atoms with Crippen LogP contribution in [-0.2, 0) is 9.84 Å². The molecule has 8 heteroatoms. The largest absolute Gasteiger partial charge is 0.501 e. The molecule has 0 aliphatic heterocycles. The van der Waals surface area contributed by atoms with Gasteiger partial charge < -0.3 is 5.32 Å². The van der Waals surface area contributed by atoms with Crippen molar-refractivity contribution in [3.8, 4) is 0 Å². The number of rotatable bonds is 5. The van der Waals surface area contributed by atoms with Crippen molar-refractivity contribution in [1.29, 1.82) is 0 Å². The predicted octanol–water partition coefficient (Wildman–Crippen LogP) is 3.66. The lowest BCUT2D eigenvalue weighted by Gasteiger charge is -2.21. The first-order valence-electron chi connectivity index (χ1n) is 5.83. The van der Waals surface area contributed by atoms with E-state index in [1.165, 1.54) is 12.1 Å². The van der Waals surface area contributed by atoms with Gasteiger partial charge in [-0.3, -0.25) is 0 Å². The van der Waals surface area contributed by atoms with Crippen LogP contribution in [0.15, 0.2) is 29.2 Å². The van der Waals surface area contributed by atoms with Gasteiger partial charge in [0.05, 0.1) is 4.90 Å². The number of nitrogens with one attached hydrogen (secondary N) is 1. The lowest BCUT2D eigenvalue weighted by Crippen LogP contribution is -2.27. The van der Waals surface area contributed by atoms with Gasteiger partial charge in [-0.1, -0.05) is 13.8 Å². The molecule has 1 aromatic carbocycles. The molecule has 0 aliphatic rings. The highest BCUT2D eigenvalue weighted by atomic mass is 35.5. The summed E-state index contributed by atoms with van der Waals surface area (Å²) in [5.41, 5.74) is -4.77. The summed E-state index contributed by atoms with van der Waals surface area (Å²) >= 11 is 5.77. The Balaban J connectivity index is 2.96. The number of halogens is 4. The van der Waals surface area contributed by atoms with Crippen LogP contribution in [0, 0.1) is 5.92 Å². The van der Waals surface area contributed by atoms with Crippen molar-refractivity contribution in [1.82, 2.24) is 0 Å². The summed E-state index contributed by atoms with van der Waals surface area (Å²) in [5, 5.41) is 3.04. The normalized spacial score (nSPS) is 14.3. The Kier molecular flexibility index (Phi) is 5.32. The van der Waals surface area contributed by atoms with E-state index < -0.39 is 20.2 Å². The van der Waals surface area contributed by atoms with Crippen LogP contribution in [0.2, 0.25) is 0 Å². The maximum atomic E-state index is 12.4. The van der Waals surface area contributed by atoms with E-state index in [0.29, 0.717) is 11.6 Å². The van der Waals surface area contributed by atoms with E-state index in [9.17, 15) is 21.6 Å². The Morgan fingerprint density at radius 3 is 2.05 bits per heavy atom. The zero-order valence-electron chi connectivity index (χ0n) is 10.9. The maximum absolute atomic E-state index is 12.4. The number of hydrogen-bond acceptors (Lipinski definition) is 3. The fourth-order valence-electron chi connectivity index (χ4n) is 1.46. The highest BCUT2D eigenvalue weighted by molar-refractivity contribution is 7.92. The second-order valence-electron chi connectivity index (χ2n) is 4.62. The quantitative estimate of drug-likeness (QED) is 0.839. The molecule has 0 saturated heterocycles. The molecular formula is C12H15ClF3NO2S. The van der Waals surface area contributed by atoms with Crippen LogP contribution in [0.1, 0.15) is 13.8 Å². The van der Waals surface area contributed by atoms with Crippen molar-refractivity contribution in [2.24, 2.45) is 5.92 Å². The van der Waals surface area contributed by atoms with E-state index in [4.69, 9.17) is 11.6 Å². The van der Waals surface area contributed by atoms with E-state index in [1.54, 1.807) is 0 Å². The molecule has 0 saturated carbocycles. The fraction of sp³-hybridized carbons (Fsp3) is 0.500. The van der Waals surface area contributed by atoms with Crippen molar-refractivity contribution in [2.45, 2.75) is 30.3 Å². The minimum absolute atomic E-state index is 0.0539. The number of alkyl halides is 4. The van der Waals surface area contributed by atoms with Crippen LogP contribution in [0.3, 0.4) is 0 Å². The Bertz CT molecular complexity index is 541. The van der Waals surface area contributed by atoms with Gasteiger partial charge in [-0.05, 0) is 30.2 Å². The van der Waals surface area contributed by atoms with Gasteiger partial charge >= 0.3 is 5.51 Å². The van der Waals surface area contributed by atoms with Crippen molar-refractivity contribution in [3.63, 3.8) is 0 Å². The van der Waals surface area contributed by atoms with Gasteiger partial charge in [-0.2, -0.15) is 13.2 Å². The summed E-state index contributed by atoms with van der Waals surface area (Å²) in [6.45, 7) is 3.89. The molecule has 0 radical (unpaired) electrons. The lowest BCUT2D eigenvalue weighted by molar-refractivity contribution is -0.0436. The van der Waals surface area contributed by atoms with E-state index in [0.717, 1.165) is 12.1 Å². The number of anilines is 1. The molecule has 1 N–H and O–H groups in total. The third kappa shape index (κ3) is 3.79. The molecule has 20 heavy (non-hydrogen) atoms. The highest BCUT2D eigenvalue weighted by Crippen LogP contribution is 2.30. The summed E-state index contributed by atoms with van der Waals surface area (Å²) in [6.07, 6.45) is 0. The van der Waals surface area contributed by atoms with Crippen molar-refractivity contribution < 1.29 is 21.6 Å². The monoisotopic (exact) mass is 329 g/mol. The van der Waals surface area contributed by atoms with Crippen molar-refractivity contribution >= 4 is 27.1 Å². The van der Waals surface area contributed by atoms with Gasteiger partial charge in [0.2, 0.25) is 0 Å². The minimum atomic E-state index is -5.30. The molecule has 0 amide bonds. The molecule has 0 fully saturated rings. The van der Waals surface area contributed by atoms with Gasteiger partial charge in [-0.25, -0.2) is 8.42 Å². The molecule has 0 aromatic heterocycles. The summed E-state index contributed by atoms with van der Waals surface area (Å²) in [5.74, 6) is 0.561. The molecule has 1 atom stereocenters.